The number of thiophene rings is 1. The molecule has 0 bridgehead atoms. The predicted molar refractivity (Wildman–Crippen MR) is 84.5 cm³/mol. The quantitative estimate of drug-likeness (QED) is 0.617. The smallest absolute Gasteiger partial charge is 0.119 e. The fourth-order valence-corrected chi connectivity index (χ4v) is 2.97. The molecule has 1 heterocycles. The Morgan fingerprint density at radius 1 is 1.16 bits per heavy atom. The van der Waals surface area contributed by atoms with Gasteiger partial charge in [-0.25, -0.2) is 0 Å². The van der Waals surface area contributed by atoms with Crippen molar-refractivity contribution in [1.29, 1.82) is 0 Å². The van der Waals surface area contributed by atoms with Gasteiger partial charge < -0.3 is 10.1 Å². The van der Waals surface area contributed by atoms with Gasteiger partial charge in [0.1, 0.15) is 12.4 Å². The SMILES string of the molecule is CSc1ccc(OCCNCc2ccc(C)s2)cc1. The molecule has 19 heavy (non-hydrogen) atoms. The van der Waals surface area contributed by atoms with E-state index in [1.165, 1.54) is 14.6 Å². The summed E-state index contributed by atoms with van der Waals surface area (Å²) in [6.45, 7) is 4.62. The van der Waals surface area contributed by atoms with Crippen LogP contribution in [0.5, 0.6) is 5.75 Å². The van der Waals surface area contributed by atoms with Crippen LogP contribution in [-0.4, -0.2) is 19.4 Å². The first kappa shape index (κ1) is 14.4. The van der Waals surface area contributed by atoms with Gasteiger partial charge in [0, 0.05) is 27.7 Å². The summed E-state index contributed by atoms with van der Waals surface area (Å²) >= 11 is 3.58. The van der Waals surface area contributed by atoms with E-state index in [-0.39, 0.29) is 0 Å². The highest BCUT2D eigenvalue weighted by Crippen LogP contribution is 2.18. The Kier molecular flexibility index (Phi) is 5.76. The molecule has 2 aromatic rings. The second-order valence-electron chi connectivity index (χ2n) is 4.21. The van der Waals surface area contributed by atoms with Crippen molar-refractivity contribution in [3.05, 3.63) is 46.2 Å². The lowest BCUT2D eigenvalue weighted by Crippen LogP contribution is -2.20. The maximum atomic E-state index is 5.68. The molecule has 0 saturated heterocycles. The van der Waals surface area contributed by atoms with Crippen molar-refractivity contribution < 1.29 is 4.74 Å². The lowest BCUT2D eigenvalue weighted by atomic mass is 10.3. The molecule has 0 aliphatic rings. The molecule has 0 spiro atoms. The van der Waals surface area contributed by atoms with Crippen LogP contribution < -0.4 is 10.1 Å². The van der Waals surface area contributed by atoms with Crippen molar-refractivity contribution >= 4 is 23.1 Å². The van der Waals surface area contributed by atoms with Crippen molar-refractivity contribution in [2.75, 3.05) is 19.4 Å². The molecule has 1 N–H and O–H groups in total. The Morgan fingerprint density at radius 2 is 1.95 bits per heavy atom. The molecule has 0 aliphatic carbocycles. The standard InChI is InChI=1S/C15H19NOS2/c1-12-3-6-15(19-12)11-16-9-10-17-13-4-7-14(18-2)8-5-13/h3-8,16H,9-11H2,1-2H3. The first-order valence-corrected chi connectivity index (χ1v) is 8.35. The molecule has 0 amide bonds. The van der Waals surface area contributed by atoms with E-state index < -0.39 is 0 Å². The summed E-state index contributed by atoms with van der Waals surface area (Å²) in [5, 5.41) is 3.39. The lowest BCUT2D eigenvalue weighted by Gasteiger charge is -2.07. The van der Waals surface area contributed by atoms with Crippen molar-refractivity contribution in [2.45, 2.75) is 18.4 Å². The number of aryl methyl sites for hydroxylation is 1. The fourth-order valence-electron chi connectivity index (χ4n) is 1.70. The number of thioether (sulfide) groups is 1. The molecular weight excluding hydrogens is 274 g/mol. The van der Waals surface area contributed by atoms with Crippen LogP contribution in [0, 0.1) is 6.92 Å². The van der Waals surface area contributed by atoms with Gasteiger partial charge in [-0.05, 0) is 49.6 Å². The lowest BCUT2D eigenvalue weighted by molar-refractivity contribution is 0.313. The summed E-state index contributed by atoms with van der Waals surface area (Å²) in [5.74, 6) is 0.937. The molecule has 0 saturated carbocycles. The maximum Gasteiger partial charge on any atom is 0.119 e. The Bertz CT molecular complexity index is 493. The van der Waals surface area contributed by atoms with Gasteiger partial charge in [0.25, 0.3) is 0 Å². The van der Waals surface area contributed by atoms with E-state index in [9.17, 15) is 0 Å². The van der Waals surface area contributed by atoms with Crippen LogP contribution in [0.15, 0.2) is 41.3 Å². The van der Waals surface area contributed by atoms with Gasteiger partial charge in [-0.3, -0.25) is 0 Å². The van der Waals surface area contributed by atoms with Gasteiger partial charge in [0.15, 0.2) is 0 Å². The number of rotatable bonds is 7. The Labute approximate surface area is 123 Å². The molecule has 2 rings (SSSR count). The fraction of sp³-hybridized carbons (Fsp3) is 0.333. The van der Waals surface area contributed by atoms with Crippen molar-refractivity contribution in [3.8, 4) is 5.75 Å². The highest BCUT2D eigenvalue weighted by molar-refractivity contribution is 7.98. The van der Waals surface area contributed by atoms with Gasteiger partial charge in [-0.2, -0.15) is 0 Å². The Balaban J connectivity index is 1.63. The van der Waals surface area contributed by atoms with Crippen LogP contribution in [0.4, 0.5) is 0 Å². The Morgan fingerprint density at radius 3 is 2.58 bits per heavy atom. The van der Waals surface area contributed by atoms with E-state index in [1.54, 1.807) is 11.8 Å². The number of hydrogen-bond acceptors (Lipinski definition) is 4. The average Bonchev–Trinajstić information content (AvgIpc) is 2.85. The number of benzene rings is 1. The number of ether oxygens (including phenoxy) is 1. The first-order valence-electron chi connectivity index (χ1n) is 6.31. The van der Waals surface area contributed by atoms with Gasteiger partial charge in [0.05, 0.1) is 0 Å². The summed E-state index contributed by atoms with van der Waals surface area (Å²) < 4.78 is 5.68. The van der Waals surface area contributed by atoms with Gasteiger partial charge in [-0.1, -0.05) is 0 Å². The summed E-state index contributed by atoms with van der Waals surface area (Å²) in [7, 11) is 0. The predicted octanol–water partition coefficient (Wildman–Crippen LogP) is 3.95. The van der Waals surface area contributed by atoms with Crippen LogP contribution in [0.1, 0.15) is 9.75 Å². The molecular formula is C15H19NOS2. The molecule has 0 aliphatic heterocycles. The third kappa shape index (κ3) is 4.90. The summed E-state index contributed by atoms with van der Waals surface area (Å²) in [6, 6.07) is 12.5. The third-order valence-electron chi connectivity index (χ3n) is 2.70. The summed E-state index contributed by atoms with van der Waals surface area (Å²) in [4.78, 5) is 4.00. The van der Waals surface area contributed by atoms with E-state index in [0.29, 0.717) is 6.61 Å². The summed E-state index contributed by atoms with van der Waals surface area (Å²) in [6.07, 6.45) is 2.08. The molecule has 4 heteroatoms. The molecule has 1 aromatic carbocycles. The minimum atomic E-state index is 0.697. The highest BCUT2D eigenvalue weighted by atomic mass is 32.2. The zero-order chi connectivity index (χ0) is 13.5. The van der Waals surface area contributed by atoms with Gasteiger partial charge in [0.2, 0.25) is 0 Å². The van der Waals surface area contributed by atoms with Crippen LogP contribution in [0.2, 0.25) is 0 Å². The number of nitrogens with one attached hydrogen (secondary N) is 1. The Hall–Kier alpha value is -0.970. The molecule has 102 valence electrons. The van der Waals surface area contributed by atoms with E-state index in [2.05, 4.69) is 42.8 Å². The minimum absolute atomic E-state index is 0.697. The molecule has 0 fully saturated rings. The highest BCUT2D eigenvalue weighted by Gasteiger charge is 1.97. The summed E-state index contributed by atoms with van der Waals surface area (Å²) in [5.41, 5.74) is 0. The molecule has 1 aromatic heterocycles. The van der Waals surface area contributed by atoms with E-state index >= 15 is 0 Å². The third-order valence-corrected chi connectivity index (χ3v) is 4.45. The van der Waals surface area contributed by atoms with Crippen LogP contribution >= 0.6 is 23.1 Å². The normalized spacial score (nSPS) is 10.6. The van der Waals surface area contributed by atoms with Crippen LogP contribution in [0.3, 0.4) is 0 Å². The number of hydrogen-bond donors (Lipinski definition) is 1. The maximum absolute atomic E-state index is 5.68. The largest absolute Gasteiger partial charge is 0.492 e. The first-order chi connectivity index (χ1) is 9.28. The second-order valence-corrected chi connectivity index (χ2v) is 6.47. The van der Waals surface area contributed by atoms with Crippen molar-refractivity contribution in [3.63, 3.8) is 0 Å². The molecule has 2 nitrogen and oxygen atoms in total. The van der Waals surface area contributed by atoms with Crippen molar-refractivity contribution in [2.24, 2.45) is 0 Å². The van der Waals surface area contributed by atoms with Crippen LogP contribution in [-0.2, 0) is 6.54 Å². The van der Waals surface area contributed by atoms with Crippen molar-refractivity contribution in [1.82, 2.24) is 5.32 Å². The zero-order valence-electron chi connectivity index (χ0n) is 11.3. The van der Waals surface area contributed by atoms with E-state index in [0.717, 1.165) is 18.8 Å². The second kappa shape index (κ2) is 7.58. The molecule has 0 unspecified atom stereocenters. The zero-order valence-corrected chi connectivity index (χ0v) is 12.9. The minimum Gasteiger partial charge on any atom is -0.492 e. The topological polar surface area (TPSA) is 21.3 Å². The van der Waals surface area contributed by atoms with E-state index in [1.807, 2.05) is 23.5 Å². The average molecular weight is 293 g/mol. The monoisotopic (exact) mass is 293 g/mol. The molecule has 0 radical (unpaired) electrons. The van der Waals surface area contributed by atoms with Crippen LogP contribution in [0.25, 0.3) is 0 Å². The molecule has 0 atom stereocenters. The van der Waals surface area contributed by atoms with E-state index in [4.69, 9.17) is 4.74 Å². The van der Waals surface area contributed by atoms with Gasteiger partial charge in [-0.15, -0.1) is 23.1 Å². The van der Waals surface area contributed by atoms with Gasteiger partial charge >= 0.3 is 0 Å².